The molecule has 6 nitrogen and oxygen atoms in total. The number of hydrogen-bond donors (Lipinski definition) is 1. The Kier molecular flexibility index (Phi) is 5.33. The average molecular weight is 388 g/mol. The van der Waals surface area contributed by atoms with E-state index >= 15 is 0 Å². The molecule has 0 radical (unpaired) electrons. The predicted molar refractivity (Wildman–Crippen MR) is 115 cm³/mol. The van der Waals surface area contributed by atoms with Gasteiger partial charge in [0.1, 0.15) is 0 Å². The van der Waals surface area contributed by atoms with Gasteiger partial charge in [0.25, 0.3) is 5.91 Å². The van der Waals surface area contributed by atoms with E-state index in [1.807, 2.05) is 82.5 Å². The summed E-state index contributed by atoms with van der Waals surface area (Å²) in [6.45, 7) is 4.73. The Morgan fingerprint density at radius 1 is 0.828 bits per heavy atom. The number of carbonyl (C=O) groups excluding carboxylic acids is 2. The lowest BCUT2D eigenvalue weighted by Crippen LogP contribution is -2.48. The lowest BCUT2D eigenvalue weighted by Gasteiger charge is -2.35. The Morgan fingerprint density at radius 3 is 2.17 bits per heavy atom. The molecule has 29 heavy (non-hydrogen) atoms. The zero-order valence-electron chi connectivity index (χ0n) is 16.4. The number of aromatic nitrogens is 1. The number of anilines is 2. The first kappa shape index (κ1) is 18.8. The second kappa shape index (κ2) is 8.22. The van der Waals surface area contributed by atoms with Gasteiger partial charge in [-0.25, -0.2) is 0 Å². The number of carbonyl (C=O) groups is 2. The van der Waals surface area contributed by atoms with Gasteiger partial charge >= 0.3 is 0 Å². The first-order valence-electron chi connectivity index (χ1n) is 9.75. The molecule has 148 valence electrons. The van der Waals surface area contributed by atoms with E-state index in [9.17, 15) is 9.59 Å². The molecule has 1 aromatic heterocycles. The molecule has 3 aromatic rings. The van der Waals surface area contributed by atoms with Crippen LogP contribution in [-0.4, -0.2) is 47.5 Å². The standard InChI is InChI=1S/C23H24N4O2/c1-18(28)25-13-15-27(16-14-25)21-9-7-20(8-10-21)24-23(29)19-5-4-6-22(17-19)26-11-2-3-12-26/h2-12,17H,13-16H2,1H3,(H,24,29). The number of benzene rings is 2. The molecule has 2 heterocycles. The summed E-state index contributed by atoms with van der Waals surface area (Å²) in [7, 11) is 0. The van der Waals surface area contributed by atoms with Crippen molar-refractivity contribution >= 4 is 23.2 Å². The number of piperazine rings is 1. The van der Waals surface area contributed by atoms with Crippen LogP contribution >= 0.6 is 0 Å². The molecule has 2 aromatic carbocycles. The SMILES string of the molecule is CC(=O)N1CCN(c2ccc(NC(=O)c3cccc(-n4cccc4)c3)cc2)CC1. The Hall–Kier alpha value is -3.54. The summed E-state index contributed by atoms with van der Waals surface area (Å²) in [6, 6.07) is 19.3. The van der Waals surface area contributed by atoms with Crippen molar-refractivity contribution in [3.05, 3.63) is 78.6 Å². The van der Waals surface area contributed by atoms with Crippen molar-refractivity contribution < 1.29 is 9.59 Å². The summed E-state index contributed by atoms with van der Waals surface area (Å²) < 4.78 is 1.97. The second-order valence-electron chi connectivity index (χ2n) is 7.13. The van der Waals surface area contributed by atoms with E-state index in [1.165, 1.54) is 0 Å². The topological polar surface area (TPSA) is 57.6 Å². The van der Waals surface area contributed by atoms with Crippen LogP contribution in [0.2, 0.25) is 0 Å². The maximum absolute atomic E-state index is 12.7. The Balaban J connectivity index is 1.40. The summed E-state index contributed by atoms with van der Waals surface area (Å²) in [5.74, 6) is -0.00890. The van der Waals surface area contributed by atoms with Gasteiger partial charge < -0.3 is 19.7 Å². The number of amides is 2. The van der Waals surface area contributed by atoms with Gasteiger partial charge in [-0.05, 0) is 54.6 Å². The Labute approximate surface area is 170 Å². The van der Waals surface area contributed by atoms with Crippen LogP contribution in [0.1, 0.15) is 17.3 Å². The largest absolute Gasteiger partial charge is 0.368 e. The summed E-state index contributed by atoms with van der Waals surface area (Å²) in [4.78, 5) is 28.2. The molecule has 0 aliphatic carbocycles. The number of nitrogens with zero attached hydrogens (tertiary/aromatic N) is 3. The first-order chi connectivity index (χ1) is 14.1. The Bertz CT molecular complexity index is 988. The lowest BCUT2D eigenvalue weighted by molar-refractivity contribution is -0.129. The van der Waals surface area contributed by atoms with Gasteiger partial charge in [-0.2, -0.15) is 0 Å². The molecule has 0 bridgehead atoms. The molecule has 0 atom stereocenters. The van der Waals surface area contributed by atoms with Crippen LogP contribution in [0.5, 0.6) is 0 Å². The Morgan fingerprint density at radius 2 is 1.52 bits per heavy atom. The smallest absolute Gasteiger partial charge is 0.255 e. The van der Waals surface area contributed by atoms with Crippen molar-refractivity contribution in [2.45, 2.75) is 6.92 Å². The van der Waals surface area contributed by atoms with Gasteiger partial charge in [0, 0.05) is 68.1 Å². The van der Waals surface area contributed by atoms with Gasteiger partial charge in [-0.3, -0.25) is 9.59 Å². The van der Waals surface area contributed by atoms with Crippen LogP contribution in [0.3, 0.4) is 0 Å². The average Bonchev–Trinajstić information content (AvgIpc) is 3.29. The van der Waals surface area contributed by atoms with Gasteiger partial charge in [-0.15, -0.1) is 0 Å². The van der Waals surface area contributed by atoms with Crippen molar-refractivity contribution in [2.75, 3.05) is 36.4 Å². The van der Waals surface area contributed by atoms with Crippen LogP contribution in [-0.2, 0) is 4.79 Å². The lowest BCUT2D eigenvalue weighted by atomic mass is 10.1. The van der Waals surface area contributed by atoms with Crippen molar-refractivity contribution in [1.82, 2.24) is 9.47 Å². The van der Waals surface area contributed by atoms with E-state index in [0.29, 0.717) is 5.56 Å². The molecular weight excluding hydrogens is 364 g/mol. The third-order valence-electron chi connectivity index (χ3n) is 5.23. The molecule has 0 saturated carbocycles. The fourth-order valence-corrected chi connectivity index (χ4v) is 3.55. The van der Waals surface area contributed by atoms with Gasteiger partial charge in [0.15, 0.2) is 0 Å². The van der Waals surface area contributed by atoms with E-state index < -0.39 is 0 Å². The monoisotopic (exact) mass is 388 g/mol. The quantitative estimate of drug-likeness (QED) is 0.745. The molecular formula is C23H24N4O2. The number of nitrogens with one attached hydrogen (secondary N) is 1. The molecule has 1 aliphatic heterocycles. The molecule has 1 saturated heterocycles. The van der Waals surface area contributed by atoms with E-state index in [1.54, 1.807) is 6.92 Å². The zero-order valence-corrected chi connectivity index (χ0v) is 16.4. The van der Waals surface area contributed by atoms with Crippen molar-refractivity contribution in [3.63, 3.8) is 0 Å². The highest BCUT2D eigenvalue weighted by atomic mass is 16.2. The van der Waals surface area contributed by atoms with E-state index in [4.69, 9.17) is 0 Å². The van der Waals surface area contributed by atoms with Crippen molar-refractivity contribution in [1.29, 1.82) is 0 Å². The predicted octanol–water partition coefficient (Wildman–Crippen LogP) is 3.40. The summed E-state index contributed by atoms with van der Waals surface area (Å²) in [5, 5.41) is 2.96. The van der Waals surface area contributed by atoms with E-state index in [0.717, 1.165) is 43.2 Å². The van der Waals surface area contributed by atoms with Gasteiger partial charge in [0.2, 0.25) is 5.91 Å². The van der Waals surface area contributed by atoms with Crippen LogP contribution in [0, 0.1) is 0 Å². The van der Waals surface area contributed by atoms with E-state index in [-0.39, 0.29) is 11.8 Å². The highest BCUT2D eigenvalue weighted by Crippen LogP contribution is 2.20. The van der Waals surface area contributed by atoms with Gasteiger partial charge in [-0.1, -0.05) is 6.07 Å². The van der Waals surface area contributed by atoms with Crippen LogP contribution in [0.4, 0.5) is 11.4 Å². The molecule has 1 aliphatic rings. The number of hydrogen-bond acceptors (Lipinski definition) is 3. The summed E-state index contributed by atoms with van der Waals surface area (Å²) >= 11 is 0. The molecule has 4 rings (SSSR count). The van der Waals surface area contributed by atoms with Crippen LogP contribution in [0.15, 0.2) is 73.1 Å². The minimum atomic E-state index is -0.137. The fraction of sp³-hybridized carbons (Fsp3) is 0.217. The summed E-state index contributed by atoms with van der Waals surface area (Å²) in [5.41, 5.74) is 3.41. The maximum atomic E-state index is 12.7. The van der Waals surface area contributed by atoms with E-state index in [2.05, 4.69) is 10.2 Å². The fourth-order valence-electron chi connectivity index (χ4n) is 3.55. The minimum absolute atomic E-state index is 0.128. The molecule has 1 N–H and O–H groups in total. The minimum Gasteiger partial charge on any atom is -0.368 e. The van der Waals surface area contributed by atoms with Crippen molar-refractivity contribution in [3.8, 4) is 5.69 Å². The zero-order chi connectivity index (χ0) is 20.2. The molecule has 2 amide bonds. The normalized spacial score (nSPS) is 14.0. The number of rotatable bonds is 4. The molecule has 6 heteroatoms. The molecule has 0 unspecified atom stereocenters. The van der Waals surface area contributed by atoms with Gasteiger partial charge in [0.05, 0.1) is 0 Å². The molecule has 1 fully saturated rings. The maximum Gasteiger partial charge on any atom is 0.255 e. The third-order valence-corrected chi connectivity index (χ3v) is 5.23. The van der Waals surface area contributed by atoms with Crippen LogP contribution < -0.4 is 10.2 Å². The third kappa shape index (κ3) is 4.32. The highest BCUT2D eigenvalue weighted by molar-refractivity contribution is 6.04. The van der Waals surface area contributed by atoms with Crippen LogP contribution in [0.25, 0.3) is 5.69 Å². The highest BCUT2D eigenvalue weighted by Gasteiger charge is 2.18. The first-order valence-corrected chi connectivity index (χ1v) is 9.75. The molecule has 0 spiro atoms. The van der Waals surface area contributed by atoms with Crippen molar-refractivity contribution in [2.24, 2.45) is 0 Å². The second-order valence-corrected chi connectivity index (χ2v) is 7.13. The summed E-state index contributed by atoms with van der Waals surface area (Å²) in [6.07, 6.45) is 3.90.